The maximum absolute atomic E-state index is 11.9. The van der Waals surface area contributed by atoms with Crippen molar-refractivity contribution in [2.45, 2.75) is 72.1 Å². The molecule has 10 nitrogen and oxygen atoms in total. The van der Waals surface area contributed by atoms with Gasteiger partial charge in [-0.2, -0.15) is 0 Å². The molecule has 0 aromatic heterocycles. The first-order valence-electron chi connectivity index (χ1n) is 10.4. The van der Waals surface area contributed by atoms with E-state index in [4.69, 9.17) is 23.7 Å². The number of rotatable bonds is 7. The minimum absolute atomic E-state index is 0.286. The van der Waals surface area contributed by atoms with Crippen LogP contribution in [0.1, 0.15) is 38.8 Å². The number of benzene rings is 1. The van der Waals surface area contributed by atoms with Gasteiger partial charge in [-0.05, 0) is 25.0 Å². The number of aliphatic imine (C=N–C) groups is 1. The Labute approximate surface area is 192 Å². The predicted octanol–water partition coefficient (Wildman–Crippen LogP) is 2.13. The SMILES string of the molecule is CC(=O)OC[C@H]1O[C@H](C=Nc2c(C)cccc2C)[C@H](OC(C)=O)[C@@H](OC(C)=O)[C@@H]1OC(C)=O. The molecule has 0 saturated carbocycles. The fraction of sp³-hybridized carbons (Fsp3) is 0.522. The molecule has 33 heavy (non-hydrogen) atoms. The number of nitrogens with zero attached hydrogens (tertiary/aromatic N) is 1. The number of carbonyl (C=O) groups is 4. The van der Waals surface area contributed by atoms with Gasteiger partial charge in [-0.25, -0.2) is 0 Å². The van der Waals surface area contributed by atoms with Crippen LogP contribution in [-0.2, 0) is 42.9 Å². The third-order valence-electron chi connectivity index (χ3n) is 4.82. The highest BCUT2D eigenvalue weighted by atomic mass is 16.7. The highest BCUT2D eigenvalue weighted by molar-refractivity contribution is 5.73. The monoisotopic (exact) mass is 463 g/mol. The van der Waals surface area contributed by atoms with E-state index in [-0.39, 0.29) is 6.61 Å². The lowest BCUT2D eigenvalue weighted by molar-refractivity contribution is -0.240. The normalized spacial score (nSPS) is 24.7. The summed E-state index contributed by atoms with van der Waals surface area (Å²) in [5.74, 6) is -2.61. The topological polar surface area (TPSA) is 127 Å². The maximum Gasteiger partial charge on any atom is 0.303 e. The summed E-state index contributed by atoms with van der Waals surface area (Å²) in [4.78, 5) is 51.4. The molecule has 1 heterocycles. The maximum atomic E-state index is 11.9. The van der Waals surface area contributed by atoms with Gasteiger partial charge in [0.05, 0.1) is 5.69 Å². The van der Waals surface area contributed by atoms with Crippen molar-refractivity contribution in [1.82, 2.24) is 0 Å². The predicted molar refractivity (Wildman–Crippen MR) is 116 cm³/mol. The molecule has 0 N–H and O–H groups in total. The lowest BCUT2D eigenvalue weighted by Gasteiger charge is -2.43. The van der Waals surface area contributed by atoms with Gasteiger partial charge < -0.3 is 23.7 Å². The Morgan fingerprint density at radius 2 is 1.36 bits per heavy atom. The van der Waals surface area contributed by atoms with Gasteiger partial charge in [-0.15, -0.1) is 0 Å². The van der Waals surface area contributed by atoms with E-state index in [0.29, 0.717) is 5.69 Å². The van der Waals surface area contributed by atoms with E-state index in [1.807, 2.05) is 32.0 Å². The standard InChI is InChI=1S/C23H29NO9/c1-12-8-7-9-13(2)20(12)24-10-18-21(30-15(4)26)23(32-17(6)28)22(31-16(5)27)19(33-18)11-29-14(3)25/h7-10,18-19,21-23H,11H2,1-6H3/t18-,19-,21+,22-,23-/m1/s1. The molecule has 180 valence electrons. The van der Waals surface area contributed by atoms with Crippen molar-refractivity contribution >= 4 is 35.8 Å². The molecule has 0 radical (unpaired) electrons. The Morgan fingerprint density at radius 1 is 0.848 bits per heavy atom. The minimum Gasteiger partial charge on any atom is -0.463 e. The average molecular weight is 463 g/mol. The van der Waals surface area contributed by atoms with Crippen LogP contribution in [0.5, 0.6) is 0 Å². The summed E-state index contributed by atoms with van der Waals surface area (Å²) in [5.41, 5.74) is 2.53. The van der Waals surface area contributed by atoms with Crippen molar-refractivity contribution in [3.63, 3.8) is 0 Å². The zero-order chi connectivity index (χ0) is 24.7. The quantitative estimate of drug-likeness (QED) is 0.339. The molecule has 0 amide bonds. The first-order chi connectivity index (χ1) is 15.5. The van der Waals surface area contributed by atoms with Gasteiger partial charge in [0.25, 0.3) is 0 Å². The molecule has 1 aromatic carbocycles. The summed E-state index contributed by atoms with van der Waals surface area (Å²) >= 11 is 0. The first kappa shape index (κ1) is 26.0. The second-order valence-electron chi connectivity index (χ2n) is 7.68. The molecule has 0 bridgehead atoms. The van der Waals surface area contributed by atoms with Crippen LogP contribution in [0.15, 0.2) is 23.2 Å². The number of carbonyl (C=O) groups excluding carboxylic acids is 4. The van der Waals surface area contributed by atoms with Crippen LogP contribution in [0, 0.1) is 13.8 Å². The van der Waals surface area contributed by atoms with E-state index >= 15 is 0 Å². The van der Waals surface area contributed by atoms with E-state index in [1.54, 1.807) is 0 Å². The van der Waals surface area contributed by atoms with Crippen molar-refractivity contribution in [2.24, 2.45) is 4.99 Å². The van der Waals surface area contributed by atoms with Gasteiger partial charge >= 0.3 is 23.9 Å². The summed E-state index contributed by atoms with van der Waals surface area (Å²) in [6, 6.07) is 5.69. The van der Waals surface area contributed by atoms with Crippen LogP contribution in [0.2, 0.25) is 0 Å². The zero-order valence-electron chi connectivity index (χ0n) is 19.5. The van der Waals surface area contributed by atoms with Crippen LogP contribution in [-0.4, -0.2) is 67.2 Å². The second-order valence-corrected chi connectivity index (χ2v) is 7.68. The molecule has 0 spiro atoms. The fourth-order valence-electron chi connectivity index (χ4n) is 3.54. The molecular formula is C23H29NO9. The molecule has 1 aromatic rings. The smallest absolute Gasteiger partial charge is 0.303 e. The van der Waals surface area contributed by atoms with E-state index in [1.165, 1.54) is 33.9 Å². The molecule has 1 aliphatic rings. The summed E-state index contributed by atoms with van der Waals surface area (Å²) in [6.07, 6.45) is -4.16. The Kier molecular flexibility index (Phi) is 9.10. The lowest BCUT2D eigenvalue weighted by Crippen LogP contribution is -2.62. The van der Waals surface area contributed by atoms with Crippen LogP contribution in [0.25, 0.3) is 0 Å². The minimum atomic E-state index is -1.22. The zero-order valence-corrected chi connectivity index (χ0v) is 19.5. The van der Waals surface area contributed by atoms with Crippen LogP contribution in [0.3, 0.4) is 0 Å². The van der Waals surface area contributed by atoms with Gasteiger partial charge in [0.1, 0.15) is 18.8 Å². The average Bonchev–Trinajstić information content (AvgIpc) is 2.69. The fourth-order valence-corrected chi connectivity index (χ4v) is 3.54. The third kappa shape index (κ3) is 7.38. The highest BCUT2D eigenvalue weighted by Crippen LogP contribution is 2.30. The van der Waals surface area contributed by atoms with Crippen molar-refractivity contribution in [3.05, 3.63) is 29.3 Å². The highest BCUT2D eigenvalue weighted by Gasteiger charge is 2.51. The number of aryl methyl sites for hydroxylation is 2. The van der Waals surface area contributed by atoms with Gasteiger partial charge in [-0.3, -0.25) is 24.2 Å². The molecule has 1 saturated heterocycles. The van der Waals surface area contributed by atoms with Crippen LogP contribution in [0.4, 0.5) is 5.69 Å². The number of ether oxygens (including phenoxy) is 5. The molecule has 2 rings (SSSR count). The number of para-hydroxylation sites is 1. The van der Waals surface area contributed by atoms with Gasteiger partial charge in [0.15, 0.2) is 18.3 Å². The molecule has 1 aliphatic heterocycles. The summed E-state index contributed by atoms with van der Waals surface area (Å²) in [6.45, 7) is 8.26. The molecule has 5 atom stereocenters. The van der Waals surface area contributed by atoms with Crippen LogP contribution >= 0.6 is 0 Å². The van der Waals surface area contributed by atoms with Crippen molar-refractivity contribution in [2.75, 3.05) is 6.61 Å². The van der Waals surface area contributed by atoms with Gasteiger partial charge in [0, 0.05) is 33.9 Å². The summed E-state index contributed by atoms with van der Waals surface area (Å²) < 4.78 is 27.2. The largest absolute Gasteiger partial charge is 0.463 e. The molecular weight excluding hydrogens is 434 g/mol. The van der Waals surface area contributed by atoms with Crippen molar-refractivity contribution in [3.8, 4) is 0 Å². The van der Waals surface area contributed by atoms with E-state index in [2.05, 4.69) is 4.99 Å². The lowest BCUT2D eigenvalue weighted by atomic mass is 9.94. The number of esters is 4. The van der Waals surface area contributed by atoms with E-state index in [0.717, 1.165) is 11.1 Å². The Morgan fingerprint density at radius 3 is 1.88 bits per heavy atom. The Hall–Kier alpha value is -3.27. The van der Waals surface area contributed by atoms with Crippen LogP contribution < -0.4 is 0 Å². The summed E-state index contributed by atoms with van der Waals surface area (Å²) in [5, 5.41) is 0. The third-order valence-corrected chi connectivity index (χ3v) is 4.82. The van der Waals surface area contributed by atoms with E-state index < -0.39 is 54.4 Å². The molecule has 10 heteroatoms. The van der Waals surface area contributed by atoms with Crippen molar-refractivity contribution in [1.29, 1.82) is 0 Å². The Bertz CT molecular complexity index is 906. The number of hydrogen-bond acceptors (Lipinski definition) is 10. The van der Waals surface area contributed by atoms with Crippen molar-refractivity contribution < 1.29 is 42.9 Å². The number of hydrogen-bond donors (Lipinski definition) is 0. The summed E-state index contributed by atoms with van der Waals surface area (Å²) in [7, 11) is 0. The molecule has 1 fully saturated rings. The van der Waals surface area contributed by atoms with Gasteiger partial charge in [-0.1, -0.05) is 18.2 Å². The second kappa shape index (κ2) is 11.6. The molecule has 0 aliphatic carbocycles. The van der Waals surface area contributed by atoms with Gasteiger partial charge in [0.2, 0.25) is 0 Å². The van der Waals surface area contributed by atoms with E-state index in [9.17, 15) is 19.2 Å². The molecule has 0 unspecified atom stereocenters. The first-order valence-corrected chi connectivity index (χ1v) is 10.4. The Balaban J connectivity index is 2.50.